The third kappa shape index (κ3) is 14.1. The Morgan fingerprint density at radius 1 is 0.163 bits per heavy atom. The highest BCUT2D eigenvalue weighted by atomic mass is 28.3. The van der Waals surface area contributed by atoms with Crippen LogP contribution in [-0.4, -0.2) is 133 Å². The summed E-state index contributed by atoms with van der Waals surface area (Å²) in [7, 11) is -3.90. The molecule has 2 N–H and O–H groups in total. The third-order valence-electron chi connectivity index (χ3n) is 12.9. The first kappa shape index (κ1) is 83.0. The molecule has 0 aliphatic carbocycles. The van der Waals surface area contributed by atoms with Crippen LogP contribution in [0.3, 0.4) is 0 Å². The highest BCUT2D eigenvalue weighted by Crippen LogP contribution is 2.66. The number of alkyl halides is 45. The van der Waals surface area contributed by atoms with E-state index in [2.05, 4.69) is 0 Å². The van der Waals surface area contributed by atoms with Crippen LogP contribution >= 0.6 is 0 Å². The predicted octanol–water partition coefficient (Wildman–Crippen LogP) is 20.9. The Hall–Kier alpha value is -2.97. The number of hydrogen-bond donors (Lipinski definition) is 1. The molecular formula is C39H38F45NSi. The molecule has 0 bridgehead atoms. The van der Waals surface area contributed by atoms with E-state index < -0.39 is 248 Å². The van der Waals surface area contributed by atoms with Crippen LogP contribution in [-0.2, 0) is 0 Å². The minimum atomic E-state index is -8.65. The maximum atomic E-state index is 14.3. The van der Waals surface area contributed by atoms with Crippen molar-refractivity contribution in [1.82, 2.24) is 0 Å². The molecule has 0 heterocycles. The molecule has 0 atom stereocenters. The zero-order valence-electron chi connectivity index (χ0n) is 41.3. The second-order valence-electron chi connectivity index (χ2n) is 19.3. The molecule has 518 valence electrons. The van der Waals surface area contributed by atoms with Crippen molar-refractivity contribution in [1.29, 1.82) is 0 Å². The average molecular weight is 1400 g/mol. The van der Waals surface area contributed by atoms with Crippen molar-refractivity contribution in [2.75, 3.05) is 0 Å². The molecule has 0 radical (unpaired) electrons. The Labute approximate surface area is 451 Å². The van der Waals surface area contributed by atoms with Crippen LogP contribution in [0.25, 0.3) is 0 Å². The summed E-state index contributed by atoms with van der Waals surface area (Å²) in [5.74, 6) is -146. The normalized spacial score (nSPS) is 16.4. The Bertz CT molecular complexity index is 1930. The molecule has 0 saturated carbocycles. The van der Waals surface area contributed by atoms with Crippen LogP contribution < -0.4 is 5.40 Å². The van der Waals surface area contributed by atoms with Gasteiger partial charge in [0.2, 0.25) is 0 Å². The molecule has 1 nitrogen and oxygen atoms in total. The standard InChI is InChI=1S/C39H38F45NSi/c40-19(41,22(46,47)25(52,53)28(58,59)31(64,65)34(70,71)37(76,77)78)13-7-1-4-10-16-86(85,17-11-5-2-8-14-20(42,43)23(48,49)26(54,55)29(60,61)32(66,67)35(72,73)38(79,80)81)18-12-6-3-9-15-21(44,45)24(50,51)27(56,57)30(62,63)33(68,69)36(74,75)39(82,83)84/h1-18,85H2. The molecule has 0 aromatic carbocycles. The molecule has 0 spiro atoms. The predicted molar refractivity (Wildman–Crippen MR) is 201 cm³/mol. The zero-order valence-corrected chi connectivity index (χ0v) is 42.3. The fourth-order valence-corrected chi connectivity index (χ4v) is 11.0. The lowest BCUT2D eigenvalue weighted by molar-refractivity contribution is -0.452. The monoisotopic (exact) mass is 1400 g/mol. The summed E-state index contributed by atoms with van der Waals surface area (Å²) in [6, 6.07) is -1.82. The van der Waals surface area contributed by atoms with Crippen molar-refractivity contribution < 1.29 is 198 Å². The number of hydrogen-bond acceptors (Lipinski definition) is 1. The maximum Gasteiger partial charge on any atom is 0.460 e. The van der Waals surface area contributed by atoms with E-state index in [0.717, 1.165) is 0 Å². The molecule has 86 heavy (non-hydrogen) atoms. The van der Waals surface area contributed by atoms with Crippen LogP contribution in [0.1, 0.15) is 96.3 Å². The van der Waals surface area contributed by atoms with Crippen molar-refractivity contribution in [3.8, 4) is 0 Å². The Morgan fingerprint density at radius 3 is 0.442 bits per heavy atom. The average Bonchev–Trinajstić information content (AvgIpc) is 3.41. The molecule has 0 unspecified atom stereocenters. The molecule has 0 aromatic heterocycles. The van der Waals surface area contributed by atoms with E-state index in [0.29, 0.717) is 0 Å². The smallest absolute Gasteiger partial charge is 0.351 e. The van der Waals surface area contributed by atoms with Gasteiger partial charge in [0, 0.05) is 19.3 Å². The quantitative estimate of drug-likeness (QED) is 0.0378. The number of nitrogens with two attached hydrogens (primary N) is 1. The van der Waals surface area contributed by atoms with Crippen LogP contribution in [0.2, 0.25) is 18.1 Å². The second kappa shape index (κ2) is 24.9. The van der Waals surface area contributed by atoms with Crippen molar-refractivity contribution in [2.24, 2.45) is 5.40 Å². The highest BCUT2D eigenvalue weighted by Gasteiger charge is 2.96. The molecule has 0 rings (SSSR count). The lowest BCUT2D eigenvalue weighted by Gasteiger charge is -2.41. The molecule has 47 heteroatoms. The summed E-state index contributed by atoms with van der Waals surface area (Å²) in [4.78, 5) is 0. The lowest BCUT2D eigenvalue weighted by Crippen LogP contribution is -2.72. The van der Waals surface area contributed by atoms with Crippen LogP contribution in [0.4, 0.5) is 198 Å². The van der Waals surface area contributed by atoms with Gasteiger partial charge in [0.15, 0.2) is 0 Å². The molecule has 0 amide bonds. The molecule has 0 saturated heterocycles. The summed E-state index contributed by atoms with van der Waals surface area (Å²) >= 11 is 0. The van der Waals surface area contributed by atoms with Gasteiger partial charge < -0.3 is 5.40 Å². The van der Waals surface area contributed by atoms with Gasteiger partial charge in [-0.3, -0.25) is 0 Å². The lowest BCUT2D eigenvalue weighted by atomic mass is 9.89. The van der Waals surface area contributed by atoms with Crippen molar-refractivity contribution in [2.45, 2.75) is 240 Å². The molecule has 0 aliphatic heterocycles. The van der Waals surface area contributed by atoms with E-state index in [9.17, 15) is 198 Å². The van der Waals surface area contributed by atoms with E-state index in [4.69, 9.17) is 5.40 Å². The van der Waals surface area contributed by atoms with E-state index in [1.807, 2.05) is 0 Å². The van der Waals surface area contributed by atoms with Gasteiger partial charge in [-0.2, -0.15) is 198 Å². The van der Waals surface area contributed by atoms with Crippen LogP contribution in [0.15, 0.2) is 0 Å². The second-order valence-corrected chi connectivity index (χ2v) is 23.6. The van der Waals surface area contributed by atoms with Gasteiger partial charge in [0.1, 0.15) is 8.24 Å². The first-order chi connectivity index (χ1) is 37.1. The summed E-state index contributed by atoms with van der Waals surface area (Å²) in [6.07, 6.45) is -44.5. The summed E-state index contributed by atoms with van der Waals surface area (Å²) < 4.78 is 608. The van der Waals surface area contributed by atoms with Crippen LogP contribution in [0, 0.1) is 0 Å². The first-order valence-corrected chi connectivity index (χ1v) is 25.6. The van der Waals surface area contributed by atoms with Crippen molar-refractivity contribution >= 4 is 8.24 Å². The van der Waals surface area contributed by atoms with E-state index in [1.54, 1.807) is 0 Å². The van der Waals surface area contributed by atoms with Gasteiger partial charge in [0.05, 0.1) is 0 Å². The Kier molecular flexibility index (Phi) is 24.1. The summed E-state index contributed by atoms with van der Waals surface area (Å²) in [5.41, 5.74) is 0. The fraction of sp³-hybridized carbons (Fsp3) is 1.00. The number of rotatable bonds is 36. The number of unbranched alkanes of at least 4 members (excludes halogenated alkanes) is 9. The molecular weight excluding hydrogens is 1370 g/mol. The van der Waals surface area contributed by atoms with Gasteiger partial charge >= 0.3 is 125 Å². The van der Waals surface area contributed by atoms with Crippen LogP contribution in [0.5, 0.6) is 0 Å². The largest absolute Gasteiger partial charge is 0.460 e. The Balaban J connectivity index is 6.47. The van der Waals surface area contributed by atoms with E-state index in [1.165, 1.54) is 0 Å². The van der Waals surface area contributed by atoms with Gasteiger partial charge in [-0.25, -0.2) is 0 Å². The van der Waals surface area contributed by atoms with E-state index >= 15 is 0 Å². The fourth-order valence-electron chi connectivity index (χ4n) is 7.38. The number of halogens is 45. The van der Waals surface area contributed by atoms with Gasteiger partial charge in [0.25, 0.3) is 0 Å². The molecule has 0 aromatic rings. The SMILES string of the molecule is N[Si](CCCCCCC(F)(F)C(F)(F)C(F)(F)C(F)(F)C(F)(F)C(F)(F)C(F)(F)F)(CCCCCCC(F)(F)C(F)(F)C(F)(F)C(F)(F)C(F)(F)C(F)(F)C(F)(F)F)CCCCCCC(F)(F)C(F)(F)C(F)(F)C(F)(F)C(F)(F)C(F)(F)C(F)(F)F. The summed E-state index contributed by atoms with van der Waals surface area (Å²) in [6.45, 7) is 0. The first-order valence-electron chi connectivity index (χ1n) is 22.9. The van der Waals surface area contributed by atoms with Gasteiger partial charge in [-0.1, -0.05) is 57.8 Å². The highest BCUT2D eigenvalue weighted by molar-refractivity contribution is 6.76. The minimum Gasteiger partial charge on any atom is -0.351 e. The topological polar surface area (TPSA) is 26.0 Å². The minimum absolute atomic E-state index is 0.608. The van der Waals surface area contributed by atoms with Gasteiger partial charge in [-0.15, -0.1) is 0 Å². The molecule has 0 fully saturated rings. The maximum absolute atomic E-state index is 14.3. The van der Waals surface area contributed by atoms with Crippen molar-refractivity contribution in [3.05, 3.63) is 0 Å². The third-order valence-corrected chi connectivity index (χ3v) is 17.0. The van der Waals surface area contributed by atoms with E-state index in [-0.39, 0.29) is 0 Å². The Morgan fingerprint density at radius 2 is 0.291 bits per heavy atom. The zero-order chi connectivity index (χ0) is 69.7. The van der Waals surface area contributed by atoms with Gasteiger partial charge in [-0.05, 0) is 37.4 Å². The molecule has 0 aliphatic rings. The summed E-state index contributed by atoms with van der Waals surface area (Å²) in [5, 5.41) is 6.23. The van der Waals surface area contributed by atoms with Crippen molar-refractivity contribution in [3.63, 3.8) is 0 Å².